The molecular weight excluding hydrogens is 218 g/mol. The maximum absolute atomic E-state index is 9.09. The maximum Gasteiger partial charge on any atom is 0.227 e. The summed E-state index contributed by atoms with van der Waals surface area (Å²) in [6, 6.07) is 3.91. The Kier molecular flexibility index (Phi) is 3.40. The molecule has 0 aliphatic carbocycles. The van der Waals surface area contributed by atoms with Crippen molar-refractivity contribution in [1.82, 2.24) is 9.97 Å². The van der Waals surface area contributed by atoms with Crippen molar-refractivity contribution < 1.29 is 4.74 Å². The van der Waals surface area contributed by atoms with Crippen molar-refractivity contribution in [2.75, 3.05) is 30.8 Å². The molecular formula is C11H15N5O. The summed E-state index contributed by atoms with van der Waals surface area (Å²) in [4.78, 5) is 10.3. The van der Waals surface area contributed by atoms with Crippen LogP contribution in [0.25, 0.3) is 0 Å². The number of ether oxygens (including phenoxy) is 1. The Labute approximate surface area is 100 Å². The highest BCUT2D eigenvalue weighted by molar-refractivity contribution is 5.38. The summed E-state index contributed by atoms with van der Waals surface area (Å²) in [5.74, 6) is 0.871. The van der Waals surface area contributed by atoms with Crippen LogP contribution in [0.4, 0.5) is 11.8 Å². The monoisotopic (exact) mass is 233 g/mol. The SMILES string of the molecule is CO[C@@H]1CCN(c2nccc(N)n2)C[C@H]1C#N. The molecule has 1 aromatic rings. The van der Waals surface area contributed by atoms with Crippen LogP contribution in [0.3, 0.4) is 0 Å². The average Bonchev–Trinajstić information content (AvgIpc) is 2.38. The minimum atomic E-state index is -0.154. The number of hydrogen-bond donors (Lipinski definition) is 1. The molecule has 0 bridgehead atoms. The molecule has 0 spiro atoms. The molecule has 2 rings (SSSR count). The zero-order valence-corrected chi connectivity index (χ0v) is 9.71. The predicted octanol–water partition coefficient (Wildman–Crippen LogP) is 0.424. The number of nitrogens with two attached hydrogens (primary N) is 1. The van der Waals surface area contributed by atoms with Crippen molar-refractivity contribution in [2.45, 2.75) is 12.5 Å². The molecule has 2 heterocycles. The summed E-state index contributed by atoms with van der Waals surface area (Å²) in [5, 5.41) is 9.09. The molecule has 1 fully saturated rings. The van der Waals surface area contributed by atoms with Gasteiger partial charge in [0.15, 0.2) is 0 Å². The lowest BCUT2D eigenvalue weighted by Gasteiger charge is -2.34. The Morgan fingerprint density at radius 1 is 1.65 bits per heavy atom. The zero-order valence-electron chi connectivity index (χ0n) is 9.71. The number of nitriles is 1. The van der Waals surface area contributed by atoms with Gasteiger partial charge in [0.2, 0.25) is 5.95 Å². The van der Waals surface area contributed by atoms with E-state index in [1.54, 1.807) is 19.4 Å². The van der Waals surface area contributed by atoms with E-state index in [-0.39, 0.29) is 12.0 Å². The largest absolute Gasteiger partial charge is 0.384 e. The van der Waals surface area contributed by atoms with Crippen molar-refractivity contribution >= 4 is 11.8 Å². The number of anilines is 2. The summed E-state index contributed by atoms with van der Waals surface area (Å²) >= 11 is 0. The van der Waals surface area contributed by atoms with Gasteiger partial charge < -0.3 is 15.4 Å². The van der Waals surface area contributed by atoms with Gasteiger partial charge >= 0.3 is 0 Å². The predicted molar refractivity (Wildman–Crippen MR) is 63.2 cm³/mol. The van der Waals surface area contributed by atoms with E-state index in [1.165, 1.54) is 0 Å². The molecule has 6 heteroatoms. The van der Waals surface area contributed by atoms with Gasteiger partial charge in [0, 0.05) is 26.4 Å². The lowest BCUT2D eigenvalue weighted by molar-refractivity contribution is 0.0566. The van der Waals surface area contributed by atoms with Gasteiger partial charge in [-0.15, -0.1) is 0 Å². The molecule has 1 aliphatic rings. The Bertz CT molecular complexity index is 430. The van der Waals surface area contributed by atoms with Gasteiger partial charge in [-0.25, -0.2) is 4.98 Å². The first-order valence-corrected chi connectivity index (χ1v) is 5.50. The number of hydrogen-bond acceptors (Lipinski definition) is 6. The van der Waals surface area contributed by atoms with Crippen LogP contribution < -0.4 is 10.6 Å². The molecule has 0 amide bonds. The molecule has 2 N–H and O–H groups in total. The fourth-order valence-electron chi connectivity index (χ4n) is 2.03. The van der Waals surface area contributed by atoms with Gasteiger partial charge in [-0.05, 0) is 12.5 Å². The summed E-state index contributed by atoms with van der Waals surface area (Å²) in [6.45, 7) is 1.36. The number of nitrogen functional groups attached to an aromatic ring is 1. The second-order valence-corrected chi connectivity index (χ2v) is 4.03. The van der Waals surface area contributed by atoms with E-state index in [0.29, 0.717) is 18.3 Å². The van der Waals surface area contributed by atoms with Crippen LogP contribution >= 0.6 is 0 Å². The van der Waals surface area contributed by atoms with Crippen LogP contribution in [0.15, 0.2) is 12.3 Å². The first-order chi connectivity index (χ1) is 8.24. The normalized spacial score (nSPS) is 24.4. The number of rotatable bonds is 2. The molecule has 1 aliphatic heterocycles. The Balaban J connectivity index is 2.12. The van der Waals surface area contributed by atoms with Crippen LogP contribution in [-0.2, 0) is 4.74 Å². The average molecular weight is 233 g/mol. The first kappa shape index (κ1) is 11.6. The molecule has 0 unspecified atom stereocenters. The van der Waals surface area contributed by atoms with E-state index in [0.717, 1.165) is 13.0 Å². The molecule has 0 aromatic carbocycles. The van der Waals surface area contributed by atoms with E-state index in [9.17, 15) is 0 Å². The fraction of sp³-hybridized carbons (Fsp3) is 0.545. The Morgan fingerprint density at radius 3 is 3.12 bits per heavy atom. The maximum atomic E-state index is 9.09. The molecule has 2 atom stereocenters. The highest BCUT2D eigenvalue weighted by Crippen LogP contribution is 2.22. The third-order valence-electron chi connectivity index (χ3n) is 2.97. The van der Waals surface area contributed by atoms with Crippen molar-refractivity contribution in [1.29, 1.82) is 5.26 Å². The van der Waals surface area contributed by atoms with Crippen LogP contribution in [-0.4, -0.2) is 36.3 Å². The summed E-state index contributed by atoms with van der Waals surface area (Å²) in [7, 11) is 1.64. The van der Waals surface area contributed by atoms with Crippen molar-refractivity contribution in [3.63, 3.8) is 0 Å². The molecule has 17 heavy (non-hydrogen) atoms. The minimum absolute atomic E-state index is 0.00249. The number of aromatic nitrogens is 2. The lowest BCUT2D eigenvalue weighted by Crippen LogP contribution is -2.44. The molecule has 6 nitrogen and oxygen atoms in total. The molecule has 1 saturated heterocycles. The molecule has 0 saturated carbocycles. The second-order valence-electron chi connectivity index (χ2n) is 4.03. The summed E-state index contributed by atoms with van der Waals surface area (Å²) in [6.07, 6.45) is 2.42. The van der Waals surface area contributed by atoms with Crippen molar-refractivity contribution in [3.05, 3.63) is 12.3 Å². The third kappa shape index (κ3) is 2.45. The van der Waals surface area contributed by atoms with Gasteiger partial charge in [0.05, 0.1) is 18.1 Å². The van der Waals surface area contributed by atoms with E-state index in [4.69, 9.17) is 15.7 Å². The fourth-order valence-corrected chi connectivity index (χ4v) is 2.03. The Morgan fingerprint density at radius 2 is 2.47 bits per heavy atom. The zero-order chi connectivity index (χ0) is 12.3. The highest BCUT2D eigenvalue weighted by atomic mass is 16.5. The van der Waals surface area contributed by atoms with Crippen LogP contribution in [0.1, 0.15) is 6.42 Å². The van der Waals surface area contributed by atoms with Gasteiger partial charge in [-0.2, -0.15) is 10.2 Å². The van der Waals surface area contributed by atoms with E-state index >= 15 is 0 Å². The quantitative estimate of drug-likeness (QED) is 0.796. The van der Waals surface area contributed by atoms with Crippen LogP contribution in [0.2, 0.25) is 0 Å². The molecule has 1 aromatic heterocycles. The van der Waals surface area contributed by atoms with Gasteiger partial charge in [-0.3, -0.25) is 0 Å². The Hall–Kier alpha value is -1.87. The number of nitrogens with zero attached hydrogens (tertiary/aromatic N) is 4. The van der Waals surface area contributed by atoms with Gasteiger partial charge in [-0.1, -0.05) is 0 Å². The smallest absolute Gasteiger partial charge is 0.227 e. The third-order valence-corrected chi connectivity index (χ3v) is 2.97. The van der Waals surface area contributed by atoms with Crippen molar-refractivity contribution in [2.24, 2.45) is 5.92 Å². The highest BCUT2D eigenvalue weighted by Gasteiger charge is 2.30. The topological polar surface area (TPSA) is 88.1 Å². The van der Waals surface area contributed by atoms with E-state index < -0.39 is 0 Å². The van der Waals surface area contributed by atoms with E-state index in [2.05, 4.69) is 16.0 Å². The van der Waals surface area contributed by atoms with Gasteiger partial charge in [0.1, 0.15) is 5.82 Å². The minimum Gasteiger partial charge on any atom is -0.384 e. The number of piperidine rings is 1. The standard InChI is InChI=1S/C11H15N5O/c1-17-9-3-5-16(7-8(9)6-12)11-14-4-2-10(13)15-11/h2,4,8-9H,3,5,7H2,1H3,(H2,13,14,15)/t8-,9-/m1/s1. The summed E-state index contributed by atoms with van der Waals surface area (Å²) < 4.78 is 5.29. The second kappa shape index (κ2) is 4.97. The summed E-state index contributed by atoms with van der Waals surface area (Å²) in [5.41, 5.74) is 5.62. The lowest BCUT2D eigenvalue weighted by atomic mass is 9.96. The number of methoxy groups -OCH3 is 1. The molecule has 90 valence electrons. The first-order valence-electron chi connectivity index (χ1n) is 5.50. The molecule has 0 radical (unpaired) electrons. The van der Waals surface area contributed by atoms with Gasteiger partial charge in [0.25, 0.3) is 0 Å². The van der Waals surface area contributed by atoms with Crippen LogP contribution in [0.5, 0.6) is 0 Å². The van der Waals surface area contributed by atoms with E-state index in [1.807, 2.05) is 4.90 Å². The van der Waals surface area contributed by atoms with Crippen LogP contribution in [0, 0.1) is 17.2 Å². The van der Waals surface area contributed by atoms with Crippen molar-refractivity contribution in [3.8, 4) is 6.07 Å².